The SMILES string of the molecule is COc1cc(-c2c(C#N)c(N)[nH]c(=O)c2C#N)cc(Br)c1OCC(=O)NC1CCCCC1. The molecule has 0 unspecified atom stereocenters. The molecule has 2 aromatic rings. The molecule has 4 N–H and O–H groups in total. The number of nitrogen functional groups attached to an aromatic ring is 1. The lowest BCUT2D eigenvalue weighted by molar-refractivity contribution is -0.124. The van der Waals surface area contributed by atoms with E-state index in [0.717, 1.165) is 25.7 Å². The van der Waals surface area contributed by atoms with Crippen LogP contribution in [0.3, 0.4) is 0 Å². The average Bonchev–Trinajstić information content (AvgIpc) is 2.78. The zero-order chi connectivity index (χ0) is 23.3. The van der Waals surface area contributed by atoms with E-state index in [2.05, 4.69) is 26.2 Å². The van der Waals surface area contributed by atoms with E-state index in [4.69, 9.17) is 15.2 Å². The van der Waals surface area contributed by atoms with Gasteiger partial charge in [-0.2, -0.15) is 10.5 Å². The van der Waals surface area contributed by atoms with Gasteiger partial charge in [-0.05, 0) is 46.5 Å². The number of pyridine rings is 1. The highest BCUT2D eigenvalue weighted by molar-refractivity contribution is 9.10. The second-order valence-electron chi connectivity index (χ2n) is 7.40. The number of ether oxygens (including phenoxy) is 2. The van der Waals surface area contributed by atoms with E-state index in [1.807, 2.05) is 12.1 Å². The number of amides is 1. The molecule has 1 aliphatic carbocycles. The van der Waals surface area contributed by atoms with Crippen LogP contribution in [0, 0.1) is 22.7 Å². The maximum Gasteiger partial charge on any atom is 0.268 e. The average molecular weight is 500 g/mol. The minimum atomic E-state index is -0.700. The zero-order valence-corrected chi connectivity index (χ0v) is 19.0. The van der Waals surface area contributed by atoms with E-state index < -0.39 is 5.56 Å². The highest BCUT2D eigenvalue weighted by Crippen LogP contribution is 2.41. The standard InChI is InChI=1S/C22H22BrN5O4/c1-31-17-8-12(19-14(9-24)21(26)28-22(30)15(19)10-25)7-16(23)20(17)32-11-18(29)27-13-5-3-2-4-6-13/h7-8,13H,2-6,11H2,1H3,(H,27,29)(H3,26,28,30). The van der Waals surface area contributed by atoms with Gasteiger partial charge in [-0.3, -0.25) is 9.59 Å². The first-order valence-corrected chi connectivity index (χ1v) is 10.8. The molecule has 1 saturated carbocycles. The number of nitrogens with one attached hydrogen (secondary N) is 2. The van der Waals surface area contributed by atoms with Crippen LogP contribution >= 0.6 is 15.9 Å². The number of hydrogen-bond donors (Lipinski definition) is 3. The van der Waals surface area contributed by atoms with Crippen LogP contribution in [-0.4, -0.2) is 30.6 Å². The molecule has 0 radical (unpaired) electrons. The third-order valence-corrected chi connectivity index (χ3v) is 5.89. The number of nitrogens with zero attached hydrogens (tertiary/aromatic N) is 2. The summed E-state index contributed by atoms with van der Waals surface area (Å²) in [5.74, 6) is 0.175. The number of H-pyrrole nitrogens is 1. The molecule has 0 saturated heterocycles. The molecule has 32 heavy (non-hydrogen) atoms. The minimum Gasteiger partial charge on any atom is -0.493 e. The highest BCUT2D eigenvalue weighted by Gasteiger charge is 2.22. The molecule has 1 heterocycles. The number of nitriles is 2. The Labute approximate surface area is 193 Å². The Morgan fingerprint density at radius 3 is 2.56 bits per heavy atom. The first-order chi connectivity index (χ1) is 15.4. The van der Waals surface area contributed by atoms with E-state index in [1.54, 1.807) is 6.07 Å². The van der Waals surface area contributed by atoms with Crippen LogP contribution < -0.4 is 26.1 Å². The number of aromatic nitrogens is 1. The Morgan fingerprint density at radius 2 is 1.94 bits per heavy atom. The Bertz CT molecular complexity index is 1170. The van der Waals surface area contributed by atoms with E-state index in [-0.39, 0.29) is 52.6 Å². The van der Waals surface area contributed by atoms with Gasteiger partial charge in [-0.15, -0.1) is 0 Å². The van der Waals surface area contributed by atoms with Crippen LogP contribution in [0.1, 0.15) is 43.2 Å². The lowest BCUT2D eigenvalue weighted by Gasteiger charge is -2.23. The largest absolute Gasteiger partial charge is 0.493 e. The molecule has 166 valence electrons. The number of aromatic amines is 1. The third-order valence-electron chi connectivity index (χ3n) is 5.30. The van der Waals surface area contributed by atoms with Gasteiger partial charge >= 0.3 is 0 Å². The molecular weight excluding hydrogens is 478 g/mol. The second kappa shape index (κ2) is 10.2. The third kappa shape index (κ3) is 4.87. The summed E-state index contributed by atoms with van der Waals surface area (Å²) in [4.78, 5) is 26.8. The van der Waals surface area contributed by atoms with E-state index >= 15 is 0 Å². The van der Waals surface area contributed by atoms with Gasteiger partial charge in [0.1, 0.15) is 29.1 Å². The number of anilines is 1. The smallest absolute Gasteiger partial charge is 0.268 e. The lowest BCUT2D eigenvalue weighted by atomic mass is 9.95. The fourth-order valence-corrected chi connectivity index (χ4v) is 4.35. The van der Waals surface area contributed by atoms with E-state index in [0.29, 0.717) is 10.0 Å². The number of rotatable bonds is 6. The van der Waals surface area contributed by atoms with Gasteiger partial charge in [0.05, 0.1) is 11.6 Å². The van der Waals surface area contributed by atoms with Crippen molar-refractivity contribution in [2.45, 2.75) is 38.1 Å². The van der Waals surface area contributed by atoms with Crippen molar-refractivity contribution in [2.24, 2.45) is 0 Å². The van der Waals surface area contributed by atoms with Gasteiger partial charge in [0, 0.05) is 11.6 Å². The Hall–Kier alpha value is -3.50. The number of hydrogen-bond acceptors (Lipinski definition) is 7. The Balaban J connectivity index is 1.91. The summed E-state index contributed by atoms with van der Waals surface area (Å²) in [7, 11) is 1.42. The van der Waals surface area contributed by atoms with Crippen LogP contribution in [-0.2, 0) is 4.79 Å². The van der Waals surface area contributed by atoms with Crippen LogP contribution in [0.15, 0.2) is 21.4 Å². The molecule has 1 amide bonds. The topological polar surface area (TPSA) is 154 Å². The predicted octanol–water partition coefficient (Wildman–Crippen LogP) is 2.97. The van der Waals surface area contributed by atoms with E-state index in [1.165, 1.54) is 19.6 Å². The predicted molar refractivity (Wildman–Crippen MR) is 121 cm³/mol. The van der Waals surface area contributed by atoms with Crippen LogP contribution in [0.25, 0.3) is 11.1 Å². The molecule has 0 aliphatic heterocycles. The van der Waals surface area contributed by atoms with Crippen LogP contribution in [0.5, 0.6) is 11.5 Å². The summed E-state index contributed by atoms with van der Waals surface area (Å²) in [5.41, 5.74) is 5.27. The molecule has 0 spiro atoms. The Morgan fingerprint density at radius 1 is 1.25 bits per heavy atom. The second-order valence-corrected chi connectivity index (χ2v) is 8.25. The summed E-state index contributed by atoms with van der Waals surface area (Å²) < 4.78 is 11.5. The number of carbonyl (C=O) groups excluding carboxylic acids is 1. The van der Waals surface area contributed by atoms with Crippen molar-refractivity contribution in [2.75, 3.05) is 19.5 Å². The summed E-state index contributed by atoms with van der Waals surface area (Å²) in [6.45, 7) is -0.199. The van der Waals surface area contributed by atoms with Gasteiger partial charge in [-0.1, -0.05) is 19.3 Å². The molecule has 1 aromatic heterocycles. The van der Waals surface area contributed by atoms with Gasteiger partial charge in [-0.25, -0.2) is 0 Å². The van der Waals surface area contributed by atoms with Crippen molar-refractivity contribution < 1.29 is 14.3 Å². The van der Waals surface area contributed by atoms with Gasteiger partial charge in [0.15, 0.2) is 18.1 Å². The zero-order valence-electron chi connectivity index (χ0n) is 17.5. The fourth-order valence-electron chi connectivity index (χ4n) is 3.79. The molecule has 1 fully saturated rings. The molecule has 10 heteroatoms. The number of carbonyl (C=O) groups is 1. The summed E-state index contributed by atoms with van der Waals surface area (Å²) in [6.07, 6.45) is 5.34. The van der Waals surface area contributed by atoms with Gasteiger partial charge in [0.2, 0.25) is 0 Å². The van der Waals surface area contributed by atoms with Crippen molar-refractivity contribution >= 4 is 27.7 Å². The lowest BCUT2D eigenvalue weighted by Crippen LogP contribution is -2.39. The number of benzene rings is 1. The summed E-state index contributed by atoms with van der Waals surface area (Å²) in [5, 5.41) is 22.0. The molecule has 0 bridgehead atoms. The van der Waals surface area contributed by atoms with Crippen molar-refractivity contribution in [1.29, 1.82) is 10.5 Å². The molecule has 9 nitrogen and oxygen atoms in total. The number of methoxy groups -OCH3 is 1. The van der Waals surface area contributed by atoms with Crippen LogP contribution in [0.4, 0.5) is 5.82 Å². The fraction of sp³-hybridized carbons (Fsp3) is 0.364. The maximum atomic E-state index is 12.3. The van der Waals surface area contributed by atoms with Crippen molar-refractivity contribution in [1.82, 2.24) is 10.3 Å². The van der Waals surface area contributed by atoms with Crippen molar-refractivity contribution in [3.05, 3.63) is 38.1 Å². The van der Waals surface area contributed by atoms with Gasteiger partial charge in [0.25, 0.3) is 11.5 Å². The number of halogens is 1. The normalized spacial score (nSPS) is 13.6. The first kappa shape index (κ1) is 23.2. The molecule has 1 aromatic carbocycles. The molecular formula is C22H22BrN5O4. The van der Waals surface area contributed by atoms with Crippen molar-refractivity contribution in [3.63, 3.8) is 0 Å². The molecule has 3 rings (SSSR count). The van der Waals surface area contributed by atoms with Gasteiger partial charge < -0.3 is 25.5 Å². The van der Waals surface area contributed by atoms with Crippen LogP contribution in [0.2, 0.25) is 0 Å². The van der Waals surface area contributed by atoms with Crippen molar-refractivity contribution in [3.8, 4) is 34.8 Å². The molecule has 1 aliphatic rings. The Kier molecular flexibility index (Phi) is 7.39. The summed E-state index contributed by atoms with van der Waals surface area (Å²) in [6, 6.07) is 7.02. The number of nitrogens with two attached hydrogens (primary N) is 1. The maximum absolute atomic E-state index is 12.3. The molecule has 0 atom stereocenters. The minimum absolute atomic E-state index is 0.0318. The first-order valence-electron chi connectivity index (χ1n) is 10.1. The van der Waals surface area contributed by atoms with E-state index in [9.17, 15) is 20.1 Å². The monoisotopic (exact) mass is 499 g/mol. The summed E-state index contributed by atoms with van der Waals surface area (Å²) >= 11 is 3.40. The highest BCUT2D eigenvalue weighted by atomic mass is 79.9. The quantitative estimate of drug-likeness (QED) is 0.551.